The van der Waals surface area contributed by atoms with Gasteiger partial charge in [0.25, 0.3) is 0 Å². The molecule has 110 valence electrons. The zero-order valence-electron chi connectivity index (χ0n) is 12.0. The third-order valence-electron chi connectivity index (χ3n) is 3.76. The summed E-state index contributed by atoms with van der Waals surface area (Å²) in [6.45, 7) is 2.54. The molecule has 2 heterocycles. The van der Waals surface area contributed by atoms with E-state index in [4.69, 9.17) is 4.74 Å². The Hall–Kier alpha value is -2.50. The number of nitrogens with zero attached hydrogens (tertiary/aromatic N) is 2. The fourth-order valence-corrected chi connectivity index (χ4v) is 2.67. The van der Waals surface area contributed by atoms with Gasteiger partial charge in [0, 0.05) is 0 Å². The molecule has 6 nitrogen and oxygen atoms in total. The van der Waals surface area contributed by atoms with Crippen LogP contribution in [0.15, 0.2) is 24.3 Å². The number of carbonyl (C=O) groups is 1. The first-order chi connectivity index (χ1) is 10.1. The molecule has 2 N–H and O–H groups in total. The van der Waals surface area contributed by atoms with E-state index in [9.17, 15) is 9.90 Å². The molecule has 0 spiro atoms. The molecule has 0 unspecified atom stereocenters. The number of ether oxygens (including phenoxy) is 1. The number of anilines is 1. The summed E-state index contributed by atoms with van der Waals surface area (Å²) < 4.78 is 6.89. The molecule has 3 rings (SSSR count). The maximum Gasteiger partial charge on any atom is 0.341 e. The molecule has 0 radical (unpaired) electrons. The molecule has 0 bridgehead atoms. The van der Waals surface area contributed by atoms with E-state index in [2.05, 4.69) is 10.4 Å². The van der Waals surface area contributed by atoms with Crippen molar-refractivity contribution in [1.82, 2.24) is 9.78 Å². The van der Waals surface area contributed by atoms with Crippen LogP contribution < -0.4 is 10.1 Å². The van der Waals surface area contributed by atoms with Crippen molar-refractivity contribution < 1.29 is 14.6 Å². The number of methoxy groups -OCH3 is 1. The molecule has 1 aromatic carbocycles. The summed E-state index contributed by atoms with van der Waals surface area (Å²) in [5, 5.41) is 17.0. The van der Waals surface area contributed by atoms with Crippen molar-refractivity contribution in [2.75, 3.05) is 12.4 Å². The van der Waals surface area contributed by atoms with Crippen molar-refractivity contribution in [1.29, 1.82) is 0 Å². The van der Waals surface area contributed by atoms with E-state index in [1.165, 1.54) is 0 Å². The molecule has 0 saturated carbocycles. The minimum absolute atomic E-state index is 0.0300. The summed E-state index contributed by atoms with van der Waals surface area (Å²) in [4.78, 5) is 11.4. The third kappa shape index (κ3) is 2.22. The smallest absolute Gasteiger partial charge is 0.341 e. The topological polar surface area (TPSA) is 76.4 Å². The van der Waals surface area contributed by atoms with Crippen LogP contribution in [0, 0.1) is 0 Å². The average molecular weight is 287 g/mol. The van der Waals surface area contributed by atoms with Crippen LogP contribution in [0.2, 0.25) is 0 Å². The Kier molecular flexibility index (Phi) is 3.29. The van der Waals surface area contributed by atoms with Crippen molar-refractivity contribution in [2.24, 2.45) is 0 Å². The van der Waals surface area contributed by atoms with Gasteiger partial charge in [-0.25, -0.2) is 9.48 Å². The van der Waals surface area contributed by atoms with E-state index >= 15 is 0 Å². The normalized spacial score (nSPS) is 16.4. The van der Waals surface area contributed by atoms with Crippen LogP contribution in [0.4, 0.5) is 5.82 Å². The Morgan fingerprint density at radius 3 is 2.76 bits per heavy atom. The molecule has 21 heavy (non-hydrogen) atoms. The van der Waals surface area contributed by atoms with Crippen LogP contribution in [-0.4, -0.2) is 28.0 Å². The van der Waals surface area contributed by atoms with Gasteiger partial charge < -0.3 is 15.2 Å². The summed E-state index contributed by atoms with van der Waals surface area (Å²) in [6.07, 6.45) is 0.608. The minimum atomic E-state index is -0.934. The maximum absolute atomic E-state index is 11.4. The number of hydrogen-bond acceptors (Lipinski definition) is 4. The van der Waals surface area contributed by atoms with Crippen molar-refractivity contribution in [3.05, 3.63) is 41.1 Å². The number of fused-ring (bicyclic) bond motifs is 1. The molecule has 1 aliphatic heterocycles. The predicted molar refractivity (Wildman–Crippen MR) is 77.9 cm³/mol. The minimum Gasteiger partial charge on any atom is -0.497 e. The van der Waals surface area contributed by atoms with E-state index in [-0.39, 0.29) is 11.6 Å². The van der Waals surface area contributed by atoms with Gasteiger partial charge in [0.05, 0.1) is 25.4 Å². The molecule has 6 heteroatoms. The molecule has 0 saturated heterocycles. The van der Waals surface area contributed by atoms with Gasteiger partial charge in [-0.1, -0.05) is 19.1 Å². The lowest BCUT2D eigenvalue weighted by atomic mass is 10.1. The molecule has 1 atom stereocenters. The second-order valence-electron chi connectivity index (χ2n) is 4.98. The monoisotopic (exact) mass is 287 g/mol. The standard InChI is InChI=1S/C15H17N3O3/c1-3-11-13(15(19)20)14-16-12(8-18(14)17-11)9-4-6-10(21-2)7-5-9/h4-7,12,16H,3,8H2,1-2H3,(H,19,20)/t12-/m0/s1. The van der Waals surface area contributed by atoms with Crippen molar-refractivity contribution in [2.45, 2.75) is 25.9 Å². The highest BCUT2D eigenvalue weighted by Gasteiger charge is 2.30. The van der Waals surface area contributed by atoms with Gasteiger partial charge in [-0.2, -0.15) is 5.10 Å². The molecular weight excluding hydrogens is 270 g/mol. The SMILES string of the molecule is CCc1nn2c(c1C(=O)O)N[C@H](c1ccc(OC)cc1)C2. The molecule has 0 amide bonds. The summed E-state index contributed by atoms with van der Waals surface area (Å²) >= 11 is 0. The highest BCUT2D eigenvalue weighted by molar-refractivity contribution is 5.95. The van der Waals surface area contributed by atoms with E-state index in [1.54, 1.807) is 11.8 Å². The number of nitrogens with one attached hydrogen (secondary N) is 1. The summed E-state index contributed by atoms with van der Waals surface area (Å²) in [7, 11) is 1.63. The number of aryl methyl sites for hydroxylation is 1. The average Bonchev–Trinajstić information content (AvgIpc) is 3.03. The van der Waals surface area contributed by atoms with Gasteiger partial charge >= 0.3 is 5.97 Å². The Morgan fingerprint density at radius 1 is 1.48 bits per heavy atom. The van der Waals surface area contributed by atoms with E-state index < -0.39 is 5.97 Å². The summed E-state index contributed by atoms with van der Waals surface area (Å²) in [6, 6.07) is 7.78. The first kappa shape index (κ1) is 13.5. The van der Waals surface area contributed by atoms with Gasteiger partial charge in [0.1, 0.15) is 17.1 Å². The number of aromatic carboxylic acids is 1. The molecule has 2 aromatic rings. The number of rotatable bonds is 4. The number of aromatic nitrogens is 2. The van der Waals surface area contributed by atoms with E-state index in [1.807, 2.05) is 31.2 Å². The lowest BCUT2D eigenvalue weighted by molar-refractivity contribution is 0.0697. The molecule has 1 aromatic heterocycles. The fraction of sp³-hybridized carbons (Fsp3) is 0.333. The van der Waals surface area contributed by atoms with Crippen molar-refractivity contribution in [3.63, 3.8) is 0 Å². The number of benzene rings is 1. The van der Waals surface area contributed by atoms with Gasteiger partial charge in [0.15, 0.2) is 0 Å². The zero-order chi connectivity index (χ0) is 15.0. The Labute approximate surface area is 122 Å². The number of carboxylic acid groups (broad SMARTS) is 1. The van der Waals surface area contributed by atoms with Crippen LogP contribution >= 0.6 is 0 Å². The lowest BCUT2D eigenvalue weighted by Gasteiger charge is -2.12. The fourth-order valence-electron chi connectivity index (χ4n) is 2.67. The van der Waals surface area contributed by atoms with Crippen LogP contribution in [0.25, 0.3) is 0 Å². The quantitative estimate of drug-likeness (QED) is 0.902. The summed E-state index contributed by atoms with van der Waals surface area (Å²) in [5.74, 6) is 0.463. The van der Waals surface area contributed by atoms with Crippen LogP contribution in [0.5, 0.6) is 5.75 Å². The first-order valence-electron chi connectivity index (χ1n) is 6.87. The second-order valence-corrected chi connectivity index (χ2v) is 4.98. The molecule has 0 aliphatic carbocycles. The molecule has 1 aliphatic rings. The number of hydrogen-bond donors (Lipinski definition) is 2. The van der Waals surface area contributed by atoms with Crippen molar-refractivity contribution in [3.8, 4) is 5.75 Å². The van der Waals surface area contributed by atoms with E-state index in [0.717, 1.165) is 11.3 Å². The highest BCUT2D eigenvalue weighted by Crippen LogP contribution is 2.33. The van der Waals surface area contributed by atoms with Gasteiger partial charge in [0.2, 0.25) is 0 Å². The lowest BCUT2D eigenvalue weighted by Crippen LogP contribution is -2.10. The van der Waals surface area contributed by atoms with Crippen LogP contribution in [0.1, 0.15) is 34.6 Å². The Balaban J connectivity index is 1.89. The maximum atomic E-state index is 11.4. The predicted octanol–water partition coefficient (Wildman–Crippen LogP) is 2.32. The summed E-state index contributed by atoms with van der Waals surface area (Å²) in [5.41, 5.74) is 1.99. The Morgan fingerprint density at radius 2 is 2.19 bits per heavy atom. The number of carboxylic acids is 1. The second kappa shape index (κ2) is 5.12. The van der Waals surface area contributed by atoms with Gasteiger partial charge in [-0.15, -0.1) is 0 Å². The molecule has 0 fully saturated rings. The molecular formula is C15H17N3O3. The first-order valence-corrected chi connectivity index (χ1v) is 6.87. The van der Waals surface area contributed by atoms with Gasteiger partial charge in [-0.05, 0) is 24.1 Å². The van der Waals surface area contributed by atoms with E-state index in [0.29, 0.717) is 24.5 Å². The zero-order valence-corrected chi connectivity index (χ0v) is 12.0. The van der Waals surface area contributed by atoms with Crippen LogP contribution in [-0.2, 0) is 13.0 Å². The third-order valence-corrected chi connectivity index (χ3v) is 3.76. The highest BCUT2D eigenvalue weighted by atomic mass is 16.5. The Bertz CT molecular complexity index is 676. The van der Waals surface area contributed by atoms with Gasteiger partial charge in [-0.3, -0.25) is 0 Å². The van der Waals surface area contributed by atoms with Crippen molar-refractivity contribution >= 4 is 11.8 Å². The van der Waals surface area contributed by atoms with Crippen LogP contribution in [0.3, 0.4) is 0 Å². The largest absolute Gasteiger partial charge is 0.497 e.